The van der Waals surface area contributed by atoms with Crippen molar-refractivity contribution >= 4 is 11.8 Å². The van der Waals surface area contributed by atoms with Crippen LogP contribution in [0.4, 0.5) is 0 Å². The van der Waals surface area contributed by atoms with Gasteiger partial charge in [-0.2, -0.15) is 0 Å². The highest BCUT2D eigenvalue weighted by Gasteiger charge is 2.48. The SMILES string of the molecule is CC(c1ccccc1)N1C(C)(C)CC(OC(=O)c2ccc(C(=O)c3ccccc3)cc2)CC1(C)C. The predicted octanol–water partition coefficient (Wildman–Crippen LogP) is 6.86. The van der Waals surface area contributed by atoms with Crippen molar-refractivity contribution < 1.29 is 14.3 Å². The van der Waals surface area contributed by atoms with Crippen molar-refractivity contribution in [3.05, 3.63) is 107 Å². The van der Waals surface area contributed by atoms with Crippen molar-refractivity contribution in [3.8, 4) is 0 Å². The molecule has 3 aromatic carbocycles. The average Bonchev–Trinajstić information content (AvgIpc) is 2.83. The predicted molar refractivity (Wildman–Crippen MR) is 140 cm³/mol. The second kappa shape index (κ2) is 9.79. The summed E-state index contributed by atoms with van der Waals surface area (Å²) in [6.45, 7) is 11.2. The van der Waals surface area contributed by atoms with Crippen LogP contribution in [0.25, 0.3) is 0 Å². The van der Waals surface area contributed by atoms with Gasteiger partial charge in [0.25, 0.3) is 0 Å². The van der Waals surface area contributed by atoms with Gasteiger partial charge in [-0.05, 0) is 52.3 Å². The first-order chi connectivity index (χ1) is 16.6. The molecule has 0 bridgehead atoms. The zero-order valence-corrected chi connectivity index (χ0v) is 21.3. The maximum Gasteiger partial charge on any atom is 0.338 e. The lowest BCUT2D eigenvalue weighted by Crippen LogP contribution is -2.62. The Hall–Kier alpha value is -3.24. The first-order valence-corrected chi connectivity index (χ1v) is 12.3. The molecule has 0 aliphatic carbocycles. The monoisotopic (exact) mass is 469 g/mol. The van der Waals surface area contributed by atoms with Gasteiger partial charge in [0.2, 0.25) is 0 Å². The zero-order valence-electron chi connectivity index (χ0n) is 21.3. The van der Waals surface area contributed by atoms with Crippen molar-refractivity contribution in [1.29, 1.82) is 0 Å². The number of carbonyl (C=O) groups excluding carboxylic acids is 2. The molecule has 1 aliphatic rings. The summed E-state index contributed by atoms with van der Waals surface area (Å²) in [6.07, 6.45) is 1.32. The highest BCUT2D eigenvalue weighted by molar-refractivity contribution is 6.09. The number of piperidine rings is 1. The Morgan fingerprint density at radius 2 is 1.20 bits per heavy atom. The molecule has 4 nitrogen and oxygen atoms in total. The maximum absolute atomic E-state index is 13.0. The van der Waals surface area contributed by atoms with Crippen molar-refractivity contribution in [1.82, 2.24) is 4.90 Å². The molecule has 1 heterocycles. The van der Waals surface area contributed by atoms with Crippen molar-refractivity contribution in [2.45, 2.75) is 70.7 Å². The molecule has 0 aromatic heterocycles. The van der Waals surface area contributed by atoms with Crippen molar-refractivity contribution in [2.24, 2.45) is 0 Å². The Bertz CT molecular complexity index is 1150. The van der Waals surface area contributed by atoms with Gasteiger partial charge in [0.15, 0.2) is 5.78 Å². The van der Waals surface area contributed by atoms with E-state index in [0.29, 0.717) is 16.7 Å². The molecule has 4 rings (SSSR count). The first kappa shape index (κ1) is 24.9. The lowest BCUT2D eigenvalue weighted by atomic mass is 9.76. The largest absolute Gasteiger partial charge is 0.459 e. The Labute approximate surface area is 208 Å². The molecule has 0 radical (unpaired) electrons. The lowest BCUT2D eigenvalue weighted by Gasteiger charge is -2.57. The molecule has 0 N–H and O–H groups in total. The number of nitrogens with zero attached hydrogens (tertiary/aromatic N) is 1. The average molecular weight is 470 g/mol. The normalized spacial score (nSPS) is 18.5. The molecule has 0 saturated carbocycles. The number of ketones is 1. The summed E-state index contributed by atoms with van der Waals surface area (Å²) in [4.78, 5) is 28.2. The van der Waals surface area contributed by atoms with Gasteiger partial charge in [0.05, 0.1) is 5.56 Å². The fraction of sp³-hybridized carbons (Fsp3) is 0.355. The summed E-state index contributed by atoms with van der Waals surface area (Å²) in [5.41, 5.74) is 2.61. The standard InChI is InChI=1S/C31H35NO3/c1-22(23-12-8-6-9-13-23)32-30(2,3)20-27(21-31(32,4)5)35-29(34)26-18-16-25(17-19-26)28(33)24-14-10-7-11-15-24/h6-19,22,27H,20-21H2,1-5H3. The van der Waals surface area contributed by atoms with Crippen LogP contribution in [0.2, 0.25) is 0 Å². The number of benzene rings is 3. The van der Waals surface area contributed by atoms with Crippen LogP contribution in [-0.2, 0) is 4.74 Å². The molecule has 1 aliphatic heterocycles. The van der Waals surface area contributed by atoms with Crippen molar-refractivity contribution in [2.75, 3.05) is 0 Å². The Balaban J connectivity index is 1.45. The smallest absolute Gasteiger partial charge is 0.338 e. The third-order valence-corrected chi connectivity index (χ3v) is 7.12. The highest BCUT2D eigenvalue weighted by Crippen LogP contribution is 2.45. The minimum absolute atomic E-state index is 0.0612. The fourth-order valence-corrected chi connectivity index (χ4v) is 5.95. The van der Waals surface area contributed by atoms with Gasteiger partial charge in [-0.3, -0.25) is 9.69 Å². The van der Waals surface area contributed by atoms with Crippen LogP contribution in [0.3, 0.4) is 0 Å². The summed E-state index contributed by atoms with van der Waals surface area (Å²) in [6, 6.07) is 26.7. The third kappa shape index (κ3) is 5.38. The zero-order chi connectivity index (χ0) is 25.2. The second-order valence-corrected chi connectivity index (χ2v) is 10.8. The first-order valence-electron chi connectivity index (χ1n) is 12.3. The maximum atomic E-state index is 13.0. The van der Waals surface area contributed by atoms with Gasteiger partial charge in [-0.15, -0.1) is 0 Å². The molecule has 1 unspecified atom stereocenters. The number of ether oxygens (including phenoxy) is 1. The number of hydrogen-bond donors (Lipinski definition) is 0. The summed E-state index contributed by atoms with van der Waals surface area (Å²) in [7, 11) is 0. The number of likely N-dealkylation sites (tertiary alicyclic amines) is 1. The van der Waals surface area contributed by atoms with Crippen LogP contribution >= 0.6 is 0 Å². The molecule has 3 aromatic rings. The van der Waals surface area contributed by atoms with Gasteiger partial charge >= 0.3 is 5.97 Å². The van der Waals surface area contributed by atoms with Crippen LogP contribution in [0.15, 0.2) is 84.9 Å². The minimum Gasteiger partial charge on any atom is -0.459 e. The quantitative estimate of drug-likeness (QED) is 0.292. The molecule has 182 valence electrons. The van der Waals surface area contributed by atoms with E-state index in [1.807, 2.05) is 24.3 Å². The topological polar surface area (TPSA) is 46.6 Å². The van der Waals surface area contributed by atoms with E-state index >= 15 is 0 Å². The minimum atomic E-state index is -0.343. The van der Waals surface area contributed by atoms with Gasteiger partial charge in [0.1, 0.15) is 6.10 Å². The van der Waals surface area contributed by atoms with Crippen LogP contribution in [0.1, 0.15) is 85.3 Å². The van der Waals surface area contributed by atoms with E-state index in [9.17, 15) is 9.59 Å². The van der Waals surface area contributed by atoms with Crippen LogP contribution in [-0.4, -0.2) is 33.8 Å². The van der Waals surface area contributed by atoms with E-state index in [1.54, 1.807) is 36.4 Å². The lowest BCUT2D eigenvalue weighted by molar-refractivity contribution is -0.107. The molecular weight excluding hydrogens is 434 g/mol. The van der Waals surface area contributed by atoms with E-state index < -0.39 is 0 Å². The van der Waals surface area contributed by atoms with Crippen LogP contribution in [0, 0.1) is 0 Å². The van der Waals surface area contributed by atoms with E-state index in [1.165, 1.54) is 5.56 Å². The number of esters is 1. The van der Waals surface area contributed by atoms with E-state index in [0.717, 1.165) is 12.8 Å². The fourth-order valence-electron chi connectivity index (χ4n) is 5.95. The van der Waals surface area contributed by atoms with E-state index in [-0.39, 0.29) is 35.0 Å². The number of carbonyl (C=O) groups is 2. The summed E-state index contributed by atoms with van der Waals surface area (Å²) >= 11 is 0. The Morgan fingerprint density at radius 1 is 0.743 bits per heavy atom. The summed E-state index contributed by atoms with van der Waals surface area (Å²) in [5, 5.41) is 0. The molecular formula is C31H35NO3. The van der Waals surface area contributed by atoms with Gasteiger partial charge in [0, 0.05) is 41.1 Å². The Morgan fingerprint density at radius 3 is 1.74 bits per heavy atom. The summed E-state index contributed by atoms with van der Waals surface area (Å²) in [5.74, 6) is -0.404. The molecule has 0 amide bonds. The molecule has 0 spiro atoms. The van der Waals surface area contributed by atoms with Gasteiger partial charge in [-0.1, -0.05) is 72.8 Å². The molecule has 4 heteroatoms. The molecule has 1 fully saturated rings. The highest BCUT2D eigenvalue weighted by atomic mass is 16.5. The molecule has 1 saturated heterocycles. The summed E-state index contributed by atoms with van der Waals surface area (Å²) < 4.78 is 6.02. The van der Waals surface area contributed by atoms with E-state index in [4.69, 9.17) is 4.74 Å². The third-order valence-electron chi connectivity index (χ3n) is 7.12. The van der Waals surface area contributed by atoms with E-state index in [2.05, 4.69) is 63.8 Å². The number of rotatable bonds is 6. The molecule has 35 heavy (non-hydrogen) atoms. The van der Waals surface area contributed by atoms with Crippen LogP contribution in [0.5, 0.6) is 0 Å². The Kier molecular flexibility index (Phi) is 6.95. The number of hydrogen-bond acceptors (Lipinski definition) is 4. The van der Waals surface area contributed by atoms with Gasteiger partial charge < -0.3 is 4.74 Å². The van der Waals surface area contributed by atoms with Crippen molar-refractivity contribution in [3.63, 3.8) is 0 Å². The second-order valence-electron chi connectivity index (χ2n) is 10.8. The van der Waals surface area contributed by atoms with Gasteiger partial charge in [-0.25, -0.2) is 4.79 Å². The molecule has 1 atom stereocenters. The van der Waals surface area contributed by atoms with Crippen LogP contribution < -0.4 is 0 Å².